The number of fused-ring (bicyclic) bond motifs is 2. The van der Waals surface area contributed by atoms with Gasteiger partial charge < -0.3 is 43.8 Å². The fraction of sp³-hybridized carbons (Fsp3) is 0.351. The number of hydrogen-bond donors (Lipinski definition) is 3. The Labute approximate surface area is 303 Å². The summed E-state index contributed by atoms with van der Waals surface area (Å²) in [7, 11) is 7.03. The minimum Gasteiger partial charge on any atom is -0.507 e. The Kier molecular flexibility index (Phi) is 9.95. The normalized spacial score (nSPS) is 18.7. The molecule has 1 amide bonds. The molecule has 3 N–H and O–H groups in total. The van der Waals surface area contributed by atoms with E-state index in [1.54, 1.807) is 25.1 Å². The van der Waals surface area contributed by atoms with Gasteiger partial charge in [-0.1, -0.05) is 18.5 Å². The van der Waals surface area contributed by atoms with Gasteiger partial charge in [-0.2, -0.15) is 0 Å². The molecule has 1 spiro atoms. The van der Waals surface area contributed by atoms with Crippen LogP contribution in [0.2, 0.25) is 5.02 Å². The molecule has 13 nitrogen and oxygen atoms in total. The van der Waals surface area contributed by atoms with E-state index in [1.807, 2.05) is 0 Å². The van der Waals surface area contributed by atoms with Gasteiger partial charge in [-0.25, -0.2) is 9.37 Å². The van der Waals surface area contributed by atoms with Crippen LogP contribution in [0, 0.1) is 11.7 Å². The van der Waals surface area contributed by atoms with E-state index in [4.69, 9.17) is 40.0 Å². The minimum absolute atomic E-state index is 0.0166. The lowest BCUT2D eigenvalue weighted by Gasteiger charge is -2.38. The molecule has 0 saturated carbocycles. The molecule has 0 bridgehead atoms. The van der Waals surface area contributed by atoms with Gasteiger partial charge in [0.15, 0.2) is 28.8 Å². The SMILES string of the molecule is COc1cc(OC)c2c(c1Cl)OC1(C2=O)C(O)=C(C(CC(=O)NCCc2nc3ccc(F)cc3[nH]2)c2cc(OC)c(OC)c(OC)c2)C(=O)CC1C. The summed E-state index contributed by atoms with van der Waals surface area (Å²) in [4.78, 5) is 49.7. The molecule has 1 aromatic heterocycles. The molecule has 2 aliphatic rings. The molecule has 2 heterocycles. The monoisotopic (exact) mass is 737 g/mol. The maximum Gasteiger partial charge on any atom is 0.231 e. The third-order valence-electron chi connectivity index (χ3n) is 9.52. The number of halogens is 2. The first-order valence-corrected chi connectivity index (χ1v) is 16.7. The van der Waals surface area contributed by atoms with Crippen LogP contribution in [0.4, 0.5) is 4.39 Å². The number of aromatic nitrogens is 2. The number of rotatable bonds is 12. The number of imidazole rings is 1. The van der Waals surface area contributed by atoms with Crippen LogP contribution >= 0.6 is 11.6 Å². The van der Waals surface area contributed by atoms with E-state index in [9.17, 15) is 23.9 Å². The van der Waals surface area contributed by atoms with Gasteiger partial charge in [0, 0.05) is 49.3 Å². The Hall–Kier alpha value is -5.50. The Bertz CT molecular complexity index is 2110. The van der Waals surface area contributed by atoms with Crippen molar-refractivity contribution in [2.75, 3.05) is 42.1 Å². The van der Waals surface area contributed by atoms with Crippen LogP contribution in [-0.4, -0.2) is 80.2 Å². The van der Waals surface area contributed by atoms with E-state index in [1.165, 1.54) is 53.7 Å². The molecular weight excluding hydrogens is 701 g/mol. The van der Waals surface area contributed by atoms with Crippen LogP contribution in [-0.2, 0) is 16.0 Å². The second kappa shape index (κ2) is 14.3. The molecule has 0 fully saturated rings. The average Bonchev–Trinajstić information content (AvgIpc) is 3.68. The molecule has 1 aliphatic heterocycles. The van der Waals surface area contributed by atoms with Crippen molar-refractivity contribution in [2.45, 2.75) is 37.7 Å². The highest BCUT2D eigenvalue weighted by Crippen LogP contribution is 2.56. The minimum atomic E-state index is -2.08. The third-order valence-corrected chi connectivity index (χ3v) is 9.87. The summed E-state index contributed by atoms with van der Waals surface area (Å²) in [5, 5.41) is 15.1. The number of methoxy groups -OCH3 is 5. The summed E-state index contributed by atoms with van der Waals surface area (Å²) in [6.07, 6.45) is -0.277. The van der Waals surface area contributed by atoms with Gasteiger partial charge in [0.1, 0.15) is 33.7 Å². The van der Waals surface area contributed by atoms with Crippen molar-refractivity contribution in [3.63, 3.8) is 0 Å². The second-order valence-electron chi connectivity index (χ2n) is 12.4. The van der Waals surface area contributed by atoms with Crippen LogP contribution in [0.25, 0.3) is 11.0 Å². The zero-order valence-electron chi connectivity index (χ0n) is 29.3. The molecule has 0 radical (unpaired) electrons. The van der Waals surface area contributed by atoms with Crippen molar-refractivity contribution in [1.29, 1.82) is 0 Å². The number of carbonyl (C=O) groups excluding carboxylic acids is 3. The highest BCUT2D eigenvalue weighted by molar-refractivity contribution is 6.35. The van der Waals surface area contributed by atoms with Gasteiger partial charge >= 0.3 is 0 Å². The highest BCUT2D eigenvalue weighted by Gasteiger charge is 2.61. The number of ketones is 2. The Morgan fingerprint density at radius 3 is 2.35 bits per heavy atom. The van der Waals surface area contributed by atoms with Crippen LogP contribution in [0.15, 0.2) is 47.7 Å². The van der Waals surface area contributed by atoms with Crippen molar-refractivity contribution in [2.24, 2.45) is 5.92 Å². The van der Waals surface area contributed by atoms with Gasteiger partial charge in [-0.3, -0.25) is 14.4 Å². The highest BCUT2D eigenvalue weighted by atomic mass is 35.5. The van der Waals surface area contributed by atoms with Gasteiger partial charge in [0.05, 0.1) is 46.6 Å². The molecule has 3 atom stereocenters. The standard InChI is InChI=1S/C37H37ClFN3O10/c1-17-11-23(43)30(35(45)37(17)36(46)31-24(47-2)16-25(48-3)32(38)34(31)52-37)20(18-12-26(49-4)33(51-6)27(13-18)50-5)15-29(44)40-10-9-28-41-21-8-7-19(39)14-22(21)42-28/h7-8,12-14,16-17,20,45H,9-11,15H2,1-6H3,(H,40,44)(H,41,42). The lowest BCUT2D eigenvalue weighted by molar-refractivity contribution is -0.121. The maximum absolute atomic E-state index is 14.4. The summed E-state index contributed by atoms with van der Waals surface area (Å²) < 4.78 is 47.5. The van der Waals surface area contributed by atoms with E-state index in [-0.39, 0.29) is 76.5 Å². The van der Waals surface area contributed by atoms with Crippen molar-refractivity contribution < 1.29 is 52.3 Å². The van der Waals surface area contributed by atoms with E-state index in [0.717, 1.165) is 0 Å². The number of Topliss-reactive ketones (excluding diaryl/α,β-unsaturated/α-hetero) is 2. The number of nitrogens with zero attached hydrogens (tertiary/aromatic N) is 1. The molecule has 6 rings (SSSR count). The number of benzene rings is 3. The van der Waals surface area contributed by atoms with Crippen LogP contribution in [0.1, 0.15) is 47.4 Å². The molecule has 52 heavy (non-hydrogen) atoms. The first kappa shape index (κ1) is 36.3. The topological polar surface area (TPSA) is 168 Å². The van der Waals surface area contributed by atoms with E-state index < -0.39 is 46.5 Å². The first-order valence-electron chi connectivity index (χ1n) is 16.3. The zero-order chi connectivity index (χ0) is 37.5. The van der Waals surface area contributed by atoms with Crippen molar-refractivity contribution in [3.05, 3.63) is 75.5 Å². The van der Waals surface area contributed by atoms with E-state index in [0.29, 0.717) is 22.4 Å². The maximum atomic E-state index is 14.4. The van der Waals surface area contributed by atoms with Gasteiger partial charge in [0.2, 0.25) is 23.0 Å². The number of ether oxygens (including phenoxy) is 6. The molecule has 3 aromatic carbocycles. The molecular formula is C37H37ClFN3O10. The number of aliphatic hydroxyl groups is 1. The first-order chi connectivity index (χ1) is 24.9. The van der Waals surface area contributed by atoms with Gasteiger partial charge in [0.25, 0.3) is 0 Å². The summed E-state index contributed by atoms with van der Waals surface area (Å²) in [5.74, 6) is -3.23. The fourth-order valence-corrected chi connectivity index (χ4v) is 7.22. The number of nitrogens with one attached hydrogen (secondary N) is 2. The number of H-pyrrole nitrogens is 1. The fourth-order valence-electron chi connectivity index (χ4n) is 6.96. The molecule has 15 heteroatoms. The van der Waals surface area contributed by atoms with Gasteiger partial charge in [-0.05, 0) is 35.9 Å². The number of aromatic amines is 1. The molecule has 4 aromatic rings. The van der Waals surface area contributed by atoms with Crippen LogP contribution in [0.3, 0.4) is 0 Å². The summed E-state index contributed by atoms with van der Waals surface area (Å²) >= 11 is 6.62. The lowest BCUT2D eigenvalue weighted by atomic mass is 9.69. The lowest BCUT2D eigenvalue weighted by Crippen LogP contribution is -2.53. The van der Waals surface area contributed by atoms with Crippen molar-refractivity contribution >= 4 is 40.1 Å². The second-order valence-corrected chi connectivity index (χ2v) is 12.8. The van der Waals surface area contributed by atoms with Crippen molar-refractivity contribution in [1.82, 2.24) is 15.3 Å². The Morgan fingerprint density at radius 2 is 1.71 bits per heavy atom. The summed E-state index contributed by atoms with van der Waals surface area (Å²) in [5.41, 5.74) is -0.849. The zero-order valence-corrected chi connectivity index (χ0v) is 30.0. The molecule has 274 valence electrons. The van der Waals surface area contributed by atoms with E-state index >= 15 is 0 Å². The number of carbonyl (C=O) groups is 3. The van der Waals surface area contributed by atoms with Crippen LogP contribution < -0.4 is 33.7 Å². The molecule has 1 aliphatic carbocycles. The molecule has 3 unspecified atom stereocenters. The number of amides is 1. The van der Waals surface area contributed by atoms with E-state index in [2.05, 4.69) is 15.3 Å². The smallest absolute Gasteiger partial charge is 0.231 e. The largest absolute Gasteiger partial charge is 0.507 e. The Balaban J connectivity index is 1.42. The van der Waals surface area contributed by atoms with Gasteiger partial charge in [-0.15, -0.1) is 0 Å². The average molecular weight is 738 g/mol. The summed E-state index contributed by atoms with van der Waals surface area (Å²) in [6.45, 7) is 1.75. The number of allylic oxidation sites excluding steroid dienone is 1. The third kappa shape index (κ3) is 6.00. The quantitative estimate of drug-likeness (QED) is 0.164. The summed E-state index contributed by atoms with van der Waals surface area (Å²) in [6, 6.07) is 8.78. The predicted molar refractivity (Wildman–Crippen MR) is 187 cm³/mol. The predicted octanol–water partition coefficient (Wildman–Crippen LogP) is 5.67. The molecule has 0 saturated heterocycles. The number of hydrogen-bond acceptors (Lipinski definition) is 11. The van der Waals surface area contributed by atoms with Crippen LogP contribution in [0.5, 0.6) is 34.5 Å². The van der Waals surface area contributed by atoms with Crippen molar-refractivity contribution in [3.8, 4) is 34.5 Å². The number of aliphatic hydroxyl groups excluding tert-OH is 1. The Morgan fingerprint density at radius 1 is 1.04 bits per heavy atom.